The van der Waals surface area contributed by atoms with Crippen molar-refractivity contribution in [2.75, 3.05) is 7.11 Å². The average molecular weight is 1090 g/mol. The zero-order valence-corrected chi connectivity index (χ0v) is 40.8. The summed E-state index contributed by atoms with van der Waals surface area (Å²) in [7, 11) is 1.57. The lowest BCUT2D eigenvalue weighted by atomic mass is 10.2. The summed E-state index contributed by atoms with van der Waals surface area (Å²) < 4.78 is 101. The molecule has 5 aromatic carbocycles. The number of aromatic nitrogens is 5. The van der Waals surface area contributed by atoms with E-state index >= 15 is 0 Å². The highest BCUT2D eigenvalue weighted by Gasteiger charge is 2.29. The Kier molecular flexibility index (Phi) is 30.1. The van der Waals surface area contributed by atoms with Crippen molar-refractivity contribution < 1.29 is 85.8 Å². The van der Waals surface area contributed by atoms with Crippen molar-refractivity contribution in [3.8, 4) is 57.9 Å². The molecule has 0 saturated carbocycles. The average Bonchev–Trinajstić information content (AvgIpc) is 3.40. The SMILES string of the molecule is COc1ccc([O-])cc1.Cc1cc(C)nc([O-])n1.[O-]c1c(F)c(F)c(F)c(F)c1F.[O-]c1ccc(C(F)(F)F)cc1.[O-]c1ccc(Cl)cc1.[O-]c1ccccc1.[O-]c1ccccn1.[O-]c1cccnc1.[O-]c1ccncc1. The van der Waals surface area contributed by atoms with Gasteiger partial charge in [0.25, 0.3) is 0 Å². The standard InChI is InChI=1S/C7H5F3O.C7H8O2.C6H5ClO.C6HF5O.C6H8N2O.C6H6O.3C5H5NO/c8-7(9,10)5-1-3-6(11)4-2-5;1-9-7-4-2-6(8)3-5-7;7-5-1-3-6(8)4-2-5;7-1-2(8)4(10)6(12)5(11)3(1)9;1-4-3-5(2)8-6(9)7-4;7-6-4-2-1-3-5-6;7-5-1-3-6-4-2-5;7-5-2-1-3-6-4-5;7-5-3-1-2-4-6-5/h1-4,11H;2-5,8H,1H3;1-4,8H;12H;3H,1-2H3,(H,7,8,9);1-5,7H;1-4H,(H,6,7);1-4,7H;1-4H,(H,6,7)/p-9. The second kappa shape index (κ2) is 35.5. The van der Waals surface area contributed by atoms with Gasteiger partial charge in [-0.2, -0.15) is 13.2 Å². The van der Waals surface area contributed by atoms with Crippen LogP contribution in [-0.4, -0.2) is 32.0 Å². The Morgan fingerprint density at radius 2 is 0.870 bits per heavy atom. The number of hydrogen-bond donors (Lipinski definition) is 0. The predicted octanol–water partition coefficient (Wildman–Crippen LogP) is 6.81. The molecule has 0 aliphatic carbocycles. The van der Waals surface area contributed by atoms with E-state index in [1.165, 1.54) is 85.5 Å². The van der Waals surface area contributed by atoms with Crippen LogP contribution in [0.3, 0.4) is 0 Å². The van der Waals surface area contributed by atoms with Crippen LogP contribution in [0.4, 0.5) is 35.1 Å². The number of alkyl halides is 3. The summed E-state index contributed by atoms with van der Waals surface area (Å²) in [6.07, 6.45) is 2.92. The molecule has 0 aliphatic heterocycles. The fourth-order valence-electron chi connectivity index (χ4n) is 4.39. The number of ether oxygens (including phenoxy) is 1. The maximum atomic E-state index is 12.1. The van der Waals surface area contributed by atoms with E-state index in [0.717, 1.165) is 41.4 Å². The Balaban J connectivity index is 0.000000436. The van der Waals surface area contributed by atoms with Gasteiger partial charge < -0.3 is 50.7 Å². The third kappa shape index (κ3) is 29.6. The molecule has 0 N–H and O–H groups in total. The number of methoxy groups -OCH3 is 1. The van der Waals surface area contributed by atoms with Crippen LogP contribution in [0.25, 0.3) is 0 Å². The smallest absolute Gasteiger partial charge is 0.416 e. The lowest BCUT2D eigenvalue weighted by Gasteiger charge is -2.09. The van der Waals surface area contributed by atoms with Gasteiger partial charge >= 0.3 is 6.18 Å². The zero-order valence-electron chi connectivity index (χ0n) is 40.0. The summed E-state index contributed by atoms with van der Waals surface area (Å²) in [6, 6.07) is 35.9. The van der Waals surface area contributed by atoms with Gasteiger partial charge in [-0.3, -0.25) is 15.0 Å². The summed E-state index contributed by atoms with van der Waals surface area (Å²) >= 11 is 5.47. The first kappa shape index (κ1) is 65.4. The van der Waals surface area contributed by atoms with Crippen molar-refractivity contribution >= 4 is 11.6 Å². The Morgan fingerprint density at radius 3 is 1.18 bits per heavy atom. The third-order valence-corrected chi connectivity index (χ3v) is 8.10. The van der Waals surface area contributed by atoms with Gasteiger partial charge in [0.05, 0.1) is 18.7 Å². The topological polar surface area (TPSA) is 281 Å². The first-order chi connectivity index (χ1) is 36.3. The summed E-state index contributed by atoms with van der Waals surface area (Å²) in [6.45, 7) is 3.55. The van der Waals surface area contributed by atoms with Crippen molar-refractivity contribution in [2.24, 2.45) is 0 Å². The van der Waals surface area contributed by atoms with Crippen LogP contribution in [0.2, 0.25) is 5.02 Å². The van der Waals surface area contributed by atoms with Gasteiger partial charge in [-0.25, -0.2) is 31.9 Å². The van der Waals surface area contributed by atoms with E-state index in [2.05, 4.69) is 24.9 Å². The molecule has 9 rings (SSSR count). The highest BCUT2D eigenvalue weighted by atomic mass is 35.5. The van der Waals surface area contributed by atoms with E-state index in [-0.39, 0.29) is 34.6 Å². The molecule has 4 heterocycles. The van der Waals surface area contributed by atoms with Gasteiger partial charge in [0.1, 0.15) is 5.75 Å². The second-order valence-electron chi connectivity index (χ2n) is 13.8. The number of hydrogen-bond acceptors (Lipinski definition) is 15. The molecule has 24 heteroatoms. The van der Waals surface area contributed by atoms with Gasteiger partial charge in [-0.05, 0) is 67.9 Å². The molecule has 0 aliphatic rings. The minimum atomic E-state index is -4.35. The molecule has 9 aromatic rings. The fraction of sp³-hybridized carbons (Fsp3) is 0.0755. The van der Waals surface area contributed by atoms with Crippen LogP contribution in [-0.2, 0) is 6.18 Å². The molecule has 4 aromatic heterocycles. The van der Waals surface area contributed by atoms with E-state index in [1.54, 1.807) is 87.8 Å². The summed E-state index contributed by atoms with van der Waals surface area (Å²) in [5.74, 6) is -13.4. The van der Waals surface area contributed by atoms with Crippen LogP contribution >= 0.6 is 11.6 Å². The first-order valence-electron chi connectivity index (χ1n) is 21.0. The number of pyridine rings is 3. The maximum Gasteiger partial charge on any atom is 0.416 e. The second-order valence-corrected chi connectivity index (χ2v) is 14.3. The van der Waals surface area contributed by atoms with E-state index in [4.69, 9.17) is 16.3 Å². The van der Waals surface area contributed by atoms with E-state index in [9.17, 15) is 81.1 Å². The van der Waals surface area contributed by atoms with Crippen molar-refractivity contribution in [1.82, 2.24) is 24.9 Å². The van der Waals surface area contributed by atoms with Crippen LogP contribution in [0.1, 0.15) is 17.0 Å². The van der Waals surface area contributed by atoms with Gasteiger partial charge in [0.2, 0.25) is 0 Å². The van der Waals surface area contributed by atoms with Crippen LogP contribution in [0.15, 0.2) is 183 Å². The van der Waals surface area contributed by atoms with Gasteiger partial charge in [0.15, 0.2) is 29.1 Å². The molecule has 0 atom stereocenters. The van der Waals surface area contributed by atoms with E-state index in [0.29, 0.717) is 5.02 Å². The monoisotopic (exact) mass is 1090 g/mol. The molecule has 0 radical (unpaired) electrons. The van der Waals surface area contributed by atoms with Crippen molar-refractivity contribution in [3.05, 3.63) is 234 Å². The first-order valence-corrected chi connectivity index (χ1v) is 21.4. The molecular weight excluding hydrogens is 1050 g/mol. The number of nitrogens with zero attached hydrogens (tertiary/aromatic N) is 5. The van der Waals surface area contributed by atoms with Gasteiger partial charge in [-0.15, -0.1) is 28.7 Å². The molecule has 0 unspecified atom stereocenters. The van der Waals surface area contributed by atoms with Crippen molar-refractivity contribution in [3.63, 3.8) is 0 Å². The molecule has 0 amide bonds. The number of benzene rings is 5. The predicted molar refractivity (Wildman–Crippen MR) is 248 cm³/mol. The molecule has 0 spiro atoms. The lowest BCUT2D eigenvalue weighted by Crippen LogP contribution is -2.07. The number of aryl methyl sites for hydroxylation is 2. The molecular formula is C53H39ClF8N5O10-9. The fourth-order valence-corrected chi connectivity index (χ4v) is 4.51. The molecule has 15 nitrogen and oxygen atoms in total. The molecule has 0 saturated heterocycles. The van der Waals surface area contributed by atoms with Crippen molar-refractivity contribution in [2.45, 2.75) is 20.0 Å². The minimum absolute atomic E-state index is 0.00519. The molecule has 77 heavy (non-hydrogen) atoms. The Morgan fingerprint density at radius 1 is 0.442 bits per heavy atom. The normalized spacial score (nSPS) is 9.51. The van der Waals surface area contributed by atoms with Gasteiger partial charge in [0, 0.05) is 47.4 Å². The maximum absolute atomic E-state index is 12.1. The Bertz CT molecular complexity index is 2680. The van der Waals surface area contributed by atoms with Crippen LogP contribution < -0.4 is 50.7 Å². The van der Waals surface area contributed by atoms with Crippen molar-refractivity contribution in [1.29, 1.82) is 0 Å². The molecule has 408 valence electrons. The number of rotatable bonds is 1. The Labute approximate surface area is 439 Å². The summed E-state index contributed by atoms with van der Waals surface area (Å²) in [4.78, 5) is 17.8. The highest BCUT2D eigenvalue weighted by Crippen LogP contribution is 2.29. The van der Waals surface area contributed by atoms with E-state index < -0.39 is 58.3 Å². The van der Waals surface area contributed by atoms with Crippen LogP contribution in [0, 0.1) is 42.9 Å². The lowest BCUT2D eigenvalue weighted by molar-refractivity contribution is -0.282. The number of halogens is 9. The molecule has 0 bridgehead atoms. The quantitative estimate of drug-likeness (QED) is 0.0927. The summed E-state index contributed by atoms with van der Waals surface area (Å²) in [5, 5.41) is 93.3. The van der Waals surface area contributed by atoms with E-state index in [1.807, 2.05) is 6.07 Å². The largest absolute Gasteiger partial charge is 0.872 e. The molecule has 0 fully saturated rings. The third-order valence-electron chi connectivity index (χ3n) is 7.85. The highest BCUT2D eigenvalue weighted by molar-refractivity contribution is 6.30. The summed E-state index contributed by atoms with van der Waals surface area (Å²) in [5.41, 5.74) is 0.664. The zero-order chi connectivity index (χ0) is 57.9. The minimum Gasteiger partial charge on any atom is -0.872 e. The Hall–Kier alpha value is -9.64. The van der Waals surface area contributed by atoms with Gasteiger partial charge in [-0.1, -0.05) is 127 Å². The van der Waals surface area contributed by atoms with Crippen LogP contribution in [0.5, 0.6) is 57.9 Å². The number of para-hydroxylation sites is 1.